The fraction of sp³-hybridized carbons (Fsp3) is 0.750. The maximum Gasteiger partial charge on any atom is 0.132 e. The van der Waals surface area contributed by atoms with Gasteiger partial charge in [0.05, 0.1) is 0 Å². The van der Waals surface area contributed by atoms with Gasteiger partial charge in [0.1, 0.15) is 12.1 Å². The summed E-state index contributed by atoms with van der Waals surface area (Å²) < 4.78 is 0. The number of rotatable bonds is 4. The second-order valence-electron chi connectivity index (χ2n) is 6.28. The number of fused-ring (bicyclic) bond motifs is 1. The Morgan fingerprint density at radius 2 is 1.90 bits per heavy atom. The second kappa shape index (κ2) is 6.53. The fourth-order valence-electron chi connectivity index (χ4n) is 3.77. The average molecular weight is 274 g/mol. The Morgan fingerprint density at radius 3 is 2.80 bits per heavy atom. The van der Waals surface area contributed by atoms with E-state index < -0.39 is 0 Å². The van der Waals surface area contributed by atoms with Crippen LogP contribution in [-0.2, 0) is 12.8 Å². The van der Waals surface area contributed by atoms with E-state index in [9.17, 15) is 0 Å². The van der Waals surface area contributed by atoms with Gasteiger partial charge in [-0.3, -0.25) is 0 Å². The van der Waals surface area contributed by atoms with Crippen LogP contribution in [0, 0.1) is 11.8 Å². The average Bonchev–Trinajstić information content (AvgIpc) is 2.80. The fourth-order valence-corrected chi connectivity index (χ4v) is 3.77. The molecule has 0 saturated heterocycles. The van der Waals surface area contributed by atoms with E-state index in [2.05, 4.69) is 15.3 Å². The molecule has 0 spiro atoms. The number of nitrogens with two attached hydrogens (primary N) is 1. The third kappa shape index (κ3) is 2.95. The molecule has 1 heterocycles. The molecule has 0 aromatic carbocycles. The highest BCUT2D eigenvalue weighted by atomic mass is 15.0. The first-order chi connectivity index (χ1) is 9.88. The third-order valence-corrected chi connectivity index (χ3v) is 5.03. The molecule has 2 unspecified atom stereocenters. The van der Waals surface area contributed by atoms with Crippen molar-refractivity contribution in [3.63, 3.8) is 0 Å². The van der Waals surface area contributed by atoms with Crippen molar-refractivity contribution in [2.24, 2.45) is 17.6 Å². The normalized spacial score (nSPS) is 26.1. The van der Waals surface area contributed by atoms with E-state index in [4.69, 9.17) is 5.73 Å². The Kier molecular flexibility index (Phi) is 4.51. The lowest BCUT2D eigenvalue weighted by Crippen LogP contribution is -2.25. The van der Waals surface area contributed by atoms with E-state index in [1.807, 2.05) is 0 Å². The molecule has 1 fully saturated rings. The highest BCUT2D eigenvalue weighted by Crippen LogP contribution is 2.31. The molecule has 4 nitrogen and oxygen atoms in total. The van der Waals surface area contributed by atoms with Gasteiger partial charge in [0.25, 0.3) is 0 Å². The lowest BCUT2D eigenvalue weighted by molar-refractivity contribution is 0.414. The van der Waals surface area contributed by atoms with Crippen molar-refractivity contribution in [2.45, 2.75) is 51.4 Å². The van der Waals surface area contributed by atoms with Gasteiger partial charge >= 0.3 is 0 Å². The van der Waals surface area contributed by atoms with Crippen LogP contribution < -0.4 is 11.1 Å². The van der Waals surface area contributed by atoms with Crippen LogP contribution in [0.25, 0.3) is 0 Å². The molecule has 0 amide bonds. The number of anilines is 1. The maximum absolute atomic E-state index is 5.87. The van der Waals surface area contributed by atoms with E-state index in [1.54, 1.807) is 6.33 Å². The minimum absolute atomic E-state index is 0.697. The molecule has 110 valence electrons. The molecule has 20 heavy (non-hydrogen) atoms. The van der Waals surface area contributed by atoms with Crippen molar-refractivity contribution < 1.29 is 0 Å². The van der Waals surface area contributed by atoms with Gasteiger partial charge in [0.15, 0.2) is 0 Å². The van der Waals surface area contributed by atoms with Crippen LogP contribution >= 0.6 is 0 Å². The topological polar surface area (TPSA) is 63.8 Å². The van der Waals surface area contributed by atoms with E-state index in [0.29, 0.717) is 5.92 Å². The third-order valence-electron chi connectivity index (χ3n) is 5.03. The first-order valence-electron chi connectivity index (χ1n) is 8.15. The number of nitrogens with zero attached hydrogens (tertiary/aromatic N) is 2. The molecule has 3 N–H and O–H groups in total. The van der Waals surface area contributed by atoms with Crippen molar-refractivity contribution in [3.05, 3.63) is 17.6 Å². The predicted molar refractivity (Wildman–Crippen MR) is 81.7 cm³/mol. The van der Waals surface area contributed by atoms with Crippen molar-refractivity contribution in [1.29, 1.82) is 0 Å². The van der Waals surface area contributed by atoms with Gasteiger partial charge in [-0.1, -0.05) is 12.8 Å². The van der Waals surface area contributed by atoms with Gasteiger partial charge in [0.2, 0.25) is 0 Å². The van der Waals surface area contributed by atoms with E-state index in [0.717, 1.165) is 37.7 Å². The van der Waals surface area contributed by atoms with Crippen LogP contribution in [0.4, 0.5) is 5.82 Å². The zero-order chi connectivity index (χ0) is 13.8. The quantitative estimate of drug-likeness (QED) is 0.828. The Hall–Kier alpha value is -1.16. The molecule has 2 aliphatic carbocycles. The minimum Gasteiger partial charge on any atom is -0.369 e. The van der Waals surface area contributed by atoms with E-state index in [1.165, 1.54) is 49.8 Å². The van der Waals surface area contributed by atoms with Gasteiger partial charge in [-0.05, 0) is 56.9 Å². The second-order valence-corrected chi connectivity index (χ2v) is 6.28. The summed E-state index contributed by atoms with van der Waals surface area (Å²) in [5.41, 5.74) is 8.50. The Morgan fingerprint density at radius 1 is 1.05 bits per heavy atom. The lowest BCUT2D eigenvalue weighted by atomic mass is 9.96. The number of hydrogen-bond acceptors (Lipinski definition) is 4. The molecular weight excluding hydrogens is 248 g/mol. The molecular formula is C16H26N4. The van der Waals surface area contributed by atoms with Gasteiger partial charge < -0.3 is 11.1 Å². The molecule has 2 aliphatic rings. The Balaban J connectivity index is 1.68. The summed E-state index contributed by atoms with van der Waals surface area (Å²) in [6, 6.07) is 0. The van der Waals surface area contributed by atoms with Gasteiger partial charge in [-0.25, -0.2) is 9.97 Å². The zero-order valence-corrected chi connectivity index (χ0v) is 12.3. The smallest absolute Gasteiger partial charge is 0.132 e. The summed E-state index contributed by atoms with van der Waals surface area (Å²) >= 11 is 0. The summed E-state index contributed by atoms with van der Waals surface area (Å²) in [4.78, 5) is 8.97. The van der Waals surface area contributed by atoms with Crippen LogP contribution in [0.1, 0.15) is 49.8 Å². The molecule has 0 radical (unpaired) electrons. The number of aromatic nitrogens is 2. The van der Waals surface area contributed by atoms with Crippen LogP contribution in [-0.4, -0.2) is 23.1 Å². The SMILES string of the molecule is NCC1CCCC1CNc1ncnc2c1CCCCC2. The summed E-state index contributed by atoms with van der Waals surface area (Å²) in [5, 5.41) is 3.60. The highest BCUT2D eigenvalue weighted by molar-refractivity contribution is 5.46. The van der Waals surface area contributed by atoms with Gasteiger partial charge in [-0.2, -0.15) is 0 Å². The number of nitrogens with one attached hydrogen (secondary N) is 1. The molecule has 0 aliphatic heterocycles. The summed E-state index contributed by atoms with van der Waals surface area (Å²) in [6.07, 6.45) is 11.7. The molecule has 1 saturated carbocycles. The number of aryl methyl sites for hydroxylation is 1. The molecule has 0 bridgehead atoms. The molecule has 1 aromatic rings. The summed E-state index contributed by atoms with van der Waals surface area (Å²) in [7, 11) is 0. The van der Waals surface area contributed by atoms with E-state index in [-0.39, 0.29) is 0 Å². The minimum atomic E-state index is 0.697. The van der Waals surface area contributed by atoms with Crippen LogP contribution in [0.2, 0.25) is 0 Å². The van der Waals surface area contributed by atoms with Crippen LogP contribution in [0.15, 0.2) is 6.33 Å². The summed E-state index contributed by atoms with van der Waals surface area (Å²) in [5.74, 6) is 2.50. The van der Waals surface area contributed by atoms with Crippen molar-refractivity contribution in [1.82, 2.24) is 9.97 Å². The predicted octanol–water partition coefficient (Wildman–Crippen LogP) is 2.53. The first kappa shape index (κ1) is 13.8. The Bertz CT molecular complexity index is 446. The van der Waals surface area contributed by atoms with Crippen molar-refractivity contribution in [3.8, 4) is 0 Å². The van der Waals surface area contributed by atoms with Gasteiger partial charge in [0, 0.05) is 17.8 Å². The molecule has 4 heteroatoms. The Labute approximate surface area is 121 Å². The molecule has 1 aromatic heterocycles. The molecule has 2 atom stereocenters. The lowest BCUT2D eigenvalue weighted by Gasteiger charge is -2.20. The number of hydrogen-bond donors (Lipinski definition) is 2. The molecule has 3 rings (SSSR count). The van der Waals surface area contributed by atoms with E-state index >= 15 is 0 Å². The van der Waals surface area contributed by atoms with Crippen molar-refractivity contribution >= 4 is 5.82 Å². The standard InChI is InChI=1S/C16H26N4/c17-9-12-5-4-6-13(12)10-18-16-14-7-2-1-3-8-15(14)19-11-20-16/h11-13H,1-10,17H2,(H,18,19,20). The van der Waals surface area contributed by atoms with Gasteiger partial charge in [-0.15, -0.1) is 0 Å². The zero-order valence-electron chi connectivity index (χ0n) is 12.3. The maximum atomic E-state index is 5.87. The first-order valence-corrected chi connectivity index (χ1v) is 8.15. The van der Waals surface area contributed by atoms with Crippen molar-refractivity contribution in [2.75, 3.05) is 18.4 Å². The van der Waals surface area contributed by atoms with Crippen LogP contribution in [0.5, 0.6) is 0 Å². The largest absolute Gasteiger partial charge is 0.369 e. The summed E-state index contributed by atoms with van der Waals surface area (Å²) in [6.45, 7) is 1.85. The monoisotopic (exact) mass is 274 g/mol. The van der Waals surface area contributed by atoms with Crippen LogP contribution in [0.3, 0.4) is 0 Å². The highest BCUT2D eigenvalue weighted by Gasteiger charge is 2.26.